The molecule has 3 nitrogen and oxygen atoms in total. The van der Waals surface area contributed by atoms with Crippen LogP contribution in [-0.2, 0) is 21.4 Å². The predicted octanol–water partition coefficient (Wildman–Crippen LogP) is 5.02. The highest BCUT2D eigenvalue weighted by molar-refractivity contribution is 6.74. The number of hydrogen-bond donors (Lipinski definition) is 0. The van der Waals surface area contributed by atoms with Crippen molar-refractivity contribution >= 4 is 14.1 Å². The Morgan fingerprint density at radius 2 is 2.04 bits per heavy atom. The Labute approximate surface area is 158 Å². The minimum atomic E-state index is -1.84. The van der Waals surface area contributed by atoms with Crippen LogP contribution in [-0.4, -0.2) is 26.3 Å². The number of benzene rings is 1. The van der Waals surface area contributed by atoms with Gasteiger partial charge in [-0.15, -0.1) is 0 Å². The fourth-order valence-corrected chi connectivity index (χ4v) is 6.03. The van der Waals surface area contributed by atoms with Gasteiger partial charge in [-0.05, 0) is 66.6 Å². The smallest absolute Gasteiger partial charge is 0.250 e. The van der Waals surface area contributed by atoms with E-state index in [0.29, 0.717) is 18.1 Å². The van der Waals surface area contributed by atoms with Gasteiger partial charge in [-0.1, -0.05) is 33.8 Å². The normalized spacial score (nSPS) is 33.2. The maximum absolute atomic E-state index is 12.2. The van der Waals surface area contributed by atoms with Crippen LogP contribution in [0.25, 0.3) is 0 Å². The molecule has 0 amide bonds. The quantitative estimate of drug-likeness (QED) is 0.552. The molecule has 1 aliphatic heterocycles. The third kappa shape index (κ3) is 2.52. The Kier molecular flexibility index (Phi) is 3.99. The number of carbonyl (C=O) groups excluding carboxylic acids is 1. The molecule has 0 radical (unpaired) electrons. The Bertz CT molecular complexity index is 748. The Hall–Kier alpha value is -1.13. The summed E-state index contributed by atoms with van der Waals surface area (Å²) >= 11 is 0. The zero-order chi connectivity index (χ0) is 18.9. The fourth-order valence-electron chi connectivity index (χ4n) is 5.01. The zero-order valence-electron chi connectivity index (χ0n) is 17.0. The van der Waals surface area contributed by atoms with Crippen LogP contribution in [0, 0.1) is 5.92 Å². The second kappa shape index (κ2) is 5.68. The van der Waals surface area contributed by atoms with Gasteiger partial charge < -0.3 is 9.16 Å². The molecular weight excluding hydrogens is 340 g/mol. The molecule has 0 bridgehead atoms. The molecule has 4 rings (SSSR count). The molecule has 142 valence electrons. The maximum Gasteiger partial charge on any atom is 0.250 e. The van der Waals surface area contributed by atoms with Crippen LogP contribution in [0.1, 0.15) is 58.1 Å². The van der Waals surface area contributed by atoms with E-state index in [1.807, 2.05) is 0 Å². The van der Waals surface area contributed by atoms with Crippen molar-refractivity contribution < 1.29 is 14.0 Å². The minimum absolute atomic E-state index is 0.0294. The van der Waals surface area contributed by atoms with Gasteiger partial charge in [0.2, 0.25) is 8.32 Å². The summed E-state index contributed by atoms with van der Waals surface area (Å²) in [6.07, 6.45) is 3.83. The first kappa shape index (κ1) is 18.2. The first-order valence-corrected chi connectivity index (χ1v) is 13.0. The lowest BCUT2D eigenvalue weighted by atomic mass is 9.56. The van der Waals surface area contributed by atoms with Crippen molar-refractivity contribution in [3.05, 3.63) is 29.3 Å². The van der Waals surface area contributed by atoms with Crippen molar-refractivity contribution in [1.29, 1.82) is 0 Å². The summed E-state index contributed by atoms with van der Waals surface area (Å²) in [6.45, 7) is 13.7. The third-order valence-electron chi connectivity index (χ3n) is 7.60. The molecule has 1 saturated heterocycles. The number of ether oxygens (including phenoxy) is 1. The number of Topliss-reactive ketones (excluding diaryl/α,β-unsaturated/α-hetero) is 1. The number of rotatable bonds is 3. The lowest BCUT2D eigenvalue weighted by molar-refractivity contribution is -0.122. The van der Waals surface area contributed by atoms with Crippen molar-refractivity contribution in [2.45, 2.75) is 89.1 Å². The predicted molar refractivity (Wildman–Crippen MR) is 106 cm³/mol. The SMILES string of the molecule is CC[C@]12c3ccc(O[Si](C)(C)C(C)(C)C)cc3CC[C@@H]1CC(=O)[C@H]1O[C@H]12. The second-order valence-electron chi connectivity index (χ2n) is 9.96. The van der Waals surface area contributed by atoms with Gasteiger partial charge in [0, 0.05) is 11.8 Å². The molecule has 1 saturated carbocycles. The summed E-state index contributed by atoms with van der Waals surface area (Å²) in [5.74, 6) is 1.77. The molecule has 4 heteroatoms. The first-order valence-electron chi connectivity index (χ1n) is 10.1. The topological polar surface area (TPSA) is 38.8 Å². The van der Waals surface area contributed by atoms with Crippen molar-refractivity contribution in [1.82, 2.24) is 0 Å². The number of hydrogen-bond acceptors (Lipinski definition) is 3. The highest BCUT2D eigenvalue weighted by Crippen LogP contribution is 2.58. The number of fused-ring (bicyclic) bond motifs is 5. The van der Waals surface area contributed by atoms with E-state index < -0.39 is 8.32 Å². The number of epoxide rings is 1. The zero-order valence-corrected chi connectivity index (χ0v) is 18.0. The lowest BCUT2D eigenvalue weighted by Gasteiger charge is -2.46. The first-order chi connectivity index (χ1) is 12.1. The molecule has 0 unspecified atom stereocenters. The summed E-state index contributed by atoms with van der Waals surface area (Å²) in [7, 11) is -1.84. The molecule has 3 aliphatic rings. The summed E-state index contributed by atoms with van der Waals surface area (Å²) < 4.78 is 12.4. The van der Waals surface area contributed by atoms with Crippen molar-refractivity contribution in [2.24, 2.45) is 5.92 Å². The van der Waals surface area contributed by atoms with Crippen LogP contribution in [0.3, 0.4) is 0 Å². The van der Waals surface area contributed by atoms with Crippen molar-refractivity contribution in [2.75, 3.05) is 0 Å². The van der Waals surface area contributed by atoms with Crippen LogP contribution in [0.5, 0.6) is 5.75 Å². The molecule has 0 aromatic heterocycles. The van der Waals surface area contributed by atoms with E-state index in [-0.39, 0.29) is 22.7 Å². The van der Waals surface area contributed by atoms with Crippen LogP contribution in [0.15, 0.2) is 18.2 Å². The largest absolute Gasteiger partial charge is 0.543 e. The highest BCUT2D eigenvalue weighted by Gasteiger charge is 2.65. The molecular formula is C22H32O3Si. The molecule has 2 aliphatic carbocycles. The van der Waals surface area contributed by atoms with E-state index >= 15 is 0 Å². The molecule has 1 aromatic rings. The van der Waals surface area contributed by atoms with E-state index in [1.165, 1.54) is 11.1 Å². The number of aryl methyl sites for hydroxylation is 1. The van der Waals surface area contributed by atoms with E-state index in [2.05, 4.69) is 59.0 Å². The van der Waals surface area contributed by atoms with E-state index in [4.69, 9.17) is 9.16 Å². The van der Waals surface area contributed by atoms with Crippen molar-refractivity contribution in [3.63, 3.8) is 0 Å². The van der Waals surface area contributed by atoms with E-state index in [0.717, 1.165) is 25.0 Å². The molecule has 0 N–H and O–H groups in total. The van der Waals surface area contributed by atoms with Crippen molar-refractivity contribution in [3.8, 4) is 5.75 Å². The maximum atomic E-state index is 12.2. The molecule has 4 atom stereocenters. The van der Waals surface area contributed by atoms with E-state index in [1.54, 1.807) is 0 Å². The Morgan fingerprint density at radius 1 is 1.31 bits per heavy atom. The van der Waals surface area contributed by atoms with Crippen LogP contribution in [0.4, 0.5) is 0 Å². The molecule has 26 heavy (non-hydrogen) atoms. The average Bonchev–Trinajstić information content (AvgIpc) is 3.35. The second-order valence-corrected chi connectivity index (χ2v) is 14.7. The fraction of sp³-hybridized carbons (Fsp3) is 0.682. The monoisotopic (exact) mass is 372 g/mol. The summed E-state index contributed by atoms with van der Waals surface area (Å²) in [5.41, 5.74) is 2.85. The summed E-state index contributed by atoms with van der Waals surface area (Å²) in [5, 5.41) is 0.192. The number of ketones is 1. The molecule has 1 heterocycles. The van der Waals surface area contributed by atoms with Gasteiger partial charge in [-0.3, -0.25) is 4.79 Å². The number of carbonyl (C=O) groups is 1. The highest BCUT2D eigenvalue weighted by atomic mass is 28.4. The van der Waals surface area contributed by atoms with Gasteiger partial charge in [-0.25, -0.2) is 0 Å². The minimum Gasteiger partial charge on any atom is -0.543 e. The van der Waals surface area contributed by atoms with Crippen LogP contribution >= 0.6 is 0 Å². The van der Waals surface area contributed by atoms with Crippen LogP contribution < -0.4 is 4.43 Å². The van der Waals surface area contributed by atoms with Gasteiger partial charge in [-0.2, -0.15) is 0 Å². The van der Waals surface area contributed by atoms with Gasteiger partial charge in [0.1, 0.15) is 18.0 Å². The van der Waals surface area contributed by atoms with E-state index in [9.17, 15) is 4.79 Å². The van der Waals surface area contributed by atoms with Gasteiger partial charge in [0.05, 0.1) is 0 Å². The standard InChI is InChI=1S/C22H32O3Si/c1-7-22-15(13-18(23)19-20(22)24-19)9-8-14-12-16(10-11-17(14)22)25-26(5,6)21(2,3)4/h10-12,15,19-20H,7-9,13H2,1-6H3/t15-,19-,20-,22-/m1/s1. The Morgan fingerprint density at radius 3 is 2.69 bits per heavy atom. The summed E-state index contributed by atoms with van der Waals surface area (Å²) in [4.78, 5) is 12.2. The molecule has 1 aromatic carbocycles. The third-order valence-corrected chi connectivity index (χ3v) is 12.0. The average molecular weight is 373 g/mol. The lowest BCUT2D eigenvalue weighted by Crippen LogP contribution is -2.49. The Balaban J connectivity index is 1.69. The van der Waals surface area contributed by atoms with Crippen LogP contribution in [0.2, 0.25) is 18.1 Å². The van der Waals surface area contributed by atoms with Gasteiger partial charge >= 0.3 is 0 Å². The summed E-state index contributed by atoms with van der Waals surface area (Å²) in [6, 6.07) is 6.71. The van der Waals surface area contributed by atoms with Gasteiger partial charge in [0.15, 0.2) is 5.78 Å². The van der Waals surface area contributed by atoms with Gasteiger partial charge in [0.25, 0.3) is 0 Å². The molecule has 0 spiro atoms. The molecule has 2 fully saturated rings.